The predicted octanol–water partition coefficient (Wildman–Crippen LogP) is 1.68. The monoisotopic (exact) mass is 279 g/mol. The average molecular weight is 279 g/mol. The topological polar surface area (TPSA) is 75.4 Å². The minimum absolute atomic E-state index is 0.0408. The molecule has 0 saturated heterocycles. The normalized spacial score (nSPS) is 15.5. The van der Waals surface area contributed by atoms with Crippen molar-refractivity contribution in [2.24, 2.45) is 0 Å². The number of amides is 1. The van der Waals surface area contributed by atoms with Gasteiger partial charge in [0.2, 0.25) is 0 Å². The van der Waals surface area contributed by atoms with Crippen molar-refractivity contribution < 1.29 is 14.7 Å². The molecule has 1 amide bonds. The van der Waals surface area contributed by atoms with E-state index in [1.165, 1.54) is 4.90 Å². The predicted molar refractivity (Wildman–Crippen MR) is 73.6 cm³/mol. The van der Waals surface area contributed by atoms with Gasteiger partial charge in [0, 0.05) is 12.6 Å². The van der Waals surface area contributed by atoms with Crippen molar-refractivity contribution in [1.82, 2.24) is 14.7 Å². The number of aryl methyl sites for hydroxylation is 2. The Morgan fingerprint density at radius 1 is 1.45 bits per heavy atom. The number of nitrogens with zero attached hydrogens (tertiary/aromatic N) is 3. The summed E-state index contributed by atoms with van der Waals surface area (Å²) in [7, 11) is 0. The number of carbonyl (C=O) groups excluding carboxylic acids is 1. The maximum Gasteiger partial charge on any atom is 0.323 e. The van der Waals surface area contributed by atoms with Crippen LogP contribution in [0.25, 0.3) is 0 Å². The Hall–Kier alpha value is -1.85. The van der Waals surface area contributed by atoms with E-state index in [2.05, 4.69) is 5.10 Å². The molecular weight excluding hydrogens is 258 g/mol. The molecule has 1 aromatic rings. The van der Waals surface area contributed by atoms with Gasteiger partial charge in [-0.25, -0.2) is 0 Å². The number of carbonyl (C=O) groups is 2. The fraction of sp³-hybridized carbons (Fsp3) is 0.643. The van der Waals surface area contributed by atoms with Crippen molar-refractivity contribution in [1.29, 1.82) is 0 Å². The van der Waals surface area contributed by atoms with Gasteiger partial charge in [-0.05, 0) is 32.8 Å². The fourth-order valence-electron chi connectivity index (χ4n) is 2.83. The Labute approximate surface area is 118 Å². The molecule has 0 aromatic carbocycles. The van der Waals surface area contributed by atoms with Crippen LogP contribution in [0.1, 0.15) is 48.8 Å². The van der Waals surface area contributed by atoms with Crippen LogP contribution < -0.4 is 0 Å². The first kappa shape index (κ1) is 14.6. The lowest BCUT2D eigenvalue weighted by Crippen LogP contribution is -2.43. The molecule has 110 valence electrons. The van der Waals surface area contributed by atoms with Crippen molar-refractivity contribution in [3.63, 3.8) is 0 Å². The van der Waals surface area contributed by atoms with E-state index in [1.807, 2.05) is 13.8 Å². The molecule has 1 aliphatic rings. The Morgan fingerprint density at radius 2 is 2.10 bits per heavy atom. The number of hydrogen-bond acceptors (Lipinski definition) is 3. The van der Waals surface area contributed by atoms with Gasteiger partial charge in [0.1, 0.15) is 12.2 Å². The molecule has 1 aromatic heterocycles. The second kappa shape index (κ2) is 6.07. The summed E-state index contributed by atoms with van der Waals surface area (Å²) in [5.41, 5.74) is 1.26. The molecule has 1 N–H and O–H groups in total. The van der Waals surface area contributed by atoms with Crippen LogP contribution in [0.3, 0.4) is 0 Å². The number of aromatic nitrogens is 2. The molecule has 0 radical (unpaired) electrons. The molecule has 20 heavy (non-hydrogen) atoms. The molecule has 2 rings (SSSR count). The van der Waals surface area contributed by atoms with Gasteiger partial charge in [0.15, 0.2) is 0 Å². The molecule has 1 saturated carbocycles. The minimum atomic E-state index is -0.968. The second-order valence-electron chi connectivity index (χ2n) is 5.25. The summed E-state index contributed by atoms with van der Waals surface area (Å²) in [5.74, 6) is -1.19. The highest BCUT2D eigenvalue weighted by Gasteiger charge is 2.30. The first-order valence-electron chi connectivity index (χ1n) is 7.10. The van der Waals surface area contributed by atoms with Crippen LogP contribution in [0.5, 0.6) is 0 Å². The number of carboxylic acids is 1. The zero-order chi connectivity index (χ0) is 14.7. The summed E-state index contributed by atoms with van der Waals surface area (Å²) in [5, 5.41) is 13.3. The Kier molecular flexibility index (Phi) is 4.42. The summed E-state index contributed by atoms with van der Waals surface area (Å²) in [6.07, 6.45) is 3.89. The van der Waals surface area contributed by atoms with E-state index in [0.29, 0.717) is 12.2 Å². The van der Waals surface area contributed by atoms with E-state index < -0.39 is 5.97 Å². The second-order valence-corrected chi connectivity index (χ2v) is 5.25. The Morgan fingerprint density at radius 3 is 2.65 bits per heavy atom. The van der Waals surface area contributed by atoms with Crippen LogP contribution in [-0.4, -0.2) is 44.3 Å². The van der Waals surface area contributed by atoms with Gasteiger partial charge in [-0.3, -0.25) is 14.3 Å². The van der Waals surface area contributed by atoms with E-state index in [0.717, 1.165) is 31.4 Å². The maximum absolute atomic E-state index is 12.7. The third-order valence-electron chi connectivity index (χ3n) is 3.75. The Balaban J connectivity index is 2.26. The molecule has 1 fully saturated rings. The minimum Gasteiger partial charge on any atom is -0.480 e. The molecule has 6 heteroatoms. The highest BCUT2D eigenvalue weighted by atomic mass is 16.4. The van der Waals surface area contributed by atoms with Gasteiger partial charge in [-0.1, -0.05) is 12.8 Å². The van der Waals surface area contributed by atoms with E-state index in [-0.39, 0.29) is 18.5 Å². The molecule has 0 atom stereocenters. The van der Waals surface area contributed by atoms with Gasteiger partial charge >= 0.3 is 5.97 Å². The van der Waals surface area contributed by atoms with Crippen LogP contribution in [0, 0.1) is 6.92 Å². The molecule has 0 unspecified atom stereocenters. The summed E-state index contributed by atoms with van der Waals surface area (Å²) in [4.78, 5) is 25.2. The first-order chi connectivity index (χ1) is 9.52. The third kappa shape index (κ3) is 3.00. The fourth-order valence-corrected chi connectivity index (χ4v) is 2.83. The Bertz CT molecular complexity index is 504. The standard InChI is InChI=1S/C14H21N3O3/c1-3-17-12(8-10(2)15-17)14(20)16(9-13(18)19)11-6-4-5-7-11/h8,11H,3-7,9H2,1-2H3,(H,18,19). The van der Waals surface area contributed by atoms with Crippen molar-refractivity contribution in [3.05, 3.63) is 17.5 Å². The molecule has 1 heterocycles. The summed E-state index contributed by atoms with van der Waals surface area (Å²) in [6.45, 7) is 4.11. The molecule has 0 spiro atoms. The highest BCUT2D eigenvalue weighted by molar-refractivity contribution is 5.94. The average Bonchev–Trinajstić information content (AvgIpc) is 3.03. The summed E-state index contributed by atoms with van der Waals surface area (Å²) >= 11 is 0. The number of rotatable bonds is 5. The summed E-state index contributed by atoms with van der Waals surface area (Å²) < 4.78 is 1.64. The lowest BCUT2D eigenvalue weighted by molar-refractivity contribution is -0.138. The van der Waals surface area contributed by atoms with Gasteiger partial charge < -0.3 is 10.0 Å². The maximum atomic E-state index is 12.7. The SMILES string of the molecule is CCn1nc(C)cc1C(=O)N(CC(=O)O)C1CCCC1. The van der Waals surface area contributed by atoms with E-state index >= 15 is 0 Å². The molecule has 0 aliphatic heterocycles. The van der Waals surface area contributed by atoms with Crippen molar-refractivity contribution >= 4 is 11.9 Å². The van der Waals surface area contributed by atoms with Crippen LogP contribution in [0.2, 0.25) is 0 Å². The van der Waals surface area contributed by atoms with E-state index in [1.54, 1.807) is 10.7 Å². The number of carboxylic acid groups (broad SMARTS) is 1. The quantitative estimate of drug-likeness (QED) is 0.889. The van der Waals surface area contributed by atoms with Crippen LogP contribution in [-0.2, 0) is 11.3 Å². The lowest BCUT2D eigenvalue weighted by atomic mass is 10.2. The van der Waals surface area contributed by atoms with Crippen molar-refractivity contribution in [2.75, 3.05) is 6.54 Å². The molecule has 0 bridgehead atoms. The van der Waals surface area contributed by atoms with Gasteiger partial charge in [-0.2, -0.15) is 5.10 Å². The van der Waals surface area contributed by atoms with E-state index in [4.69, 9.17) is 5.11 Å². The smallest absolute Gasteiger partial charge is 0.323 e. The summed E-state index contributed by atoms with van der Waals surface area (Å²) in [6, 6.07) is 1.77. The van der Waals surface area contributed by atoms with Crippen LogP contribution in [0.4, 0.5) is 0 Å². The number of aliphatic carboxylic acids is 1. The van der Waals surface area contributed by atoms with Gasteiger partial charge in [-0.15, -0.1) is 0 Å². The molecule has 6 nitrogen and oxygen atoms in total. The first-order valence-corrected chi connectivity index (χ1v) is 7.10. The molecular formula is C14H21N3O3. The van der Waals surface area contributed by atoms with Gasteiger partial charge in [0.25, 0.3) is 5.91 Å². The zero-order valence-electron chi connectivity index (χ0n) is 12.0. The lowest BCUT2D eigenvalue weighted by Gasteiger charge is -2.27. The largest absolute Gasteiger partial charge is 0.480 e. The van der Waals surface area contributed by atoms with Crippen LogP contribution in [0.15, 0.2) is 6.07 Å². The van der Waals surface area contributed by atoms with Crippen LogP contribution >= 0.6 is 0 Å². The third-order valence-corrected chi connectivity index (χ3v) is 3.75. The van der Waals surface area contributed by atoms with E-state index in [9.17, 15) is 9.59 Å². The highest BCUT2D eigenvalue weighted by Crippen LogP contribution is 2.25. The zero-order valence-corrected chi connectivity index (χ0v) is 12.0. The van der Waals surface area contributed by atoms with Gasteiger partial charge in [0.05, 0.1) is 5.69 Å². The van der Waals surface area contributed by atoms with Crippen molar-refractivity contribution in [3.8, 4) is 0 Å². The number of hydrogen-bond donors (Lipinski definition) is 1. The molecule has 1 aliphatic carbocycles. The van der Waals surface area contributed by atoms with Crippen molar-refractivity contribution in [2.45, 2.75) is 52.1 Å².